The maximum Gasteiger partial charge on any atom is 0.329 e. The summed E-state index contributed by atoms with van der Waals surface area (Å²) in [5, 5.41) is 21.6. The third-order valence-corrected chi connectivity index (χ3v) is 3.33. The van der Waals surface area contributed by atoms with Crippen LogP contribution in [0.2, 0.25) is 5.02 Å². The van der Waals surface area contributed by atoms with E-state index in [4.69, 9.17) is 16.9 Å². The van der Waals surface area contributed by atoms with E-state index in [0.29, 0.717) is 29.1 Å². The smallest absolute Gasteiger partial charge is 0.329 e. The number of carbonyl (C=O) groups is 1. The zero-order valence-electron chi connectivity index (χ0n) is 9.03. The lowest BCUT2D eigenvalue weighted by Crippen LogP contribution is -2.52. The number of nitrogens with one attached hydrogen (secondary N) is 1. The van der Waals surface area contributed by atoms with Crippen LogP contribution in [0.3, 0.4) is 0 Å². The molecule has 1 aliphatic carbocycles. The molecule has 17 heavy (non-hydrogen) atoms. The molecule has 0 unspecified atom stereocenters. The Bertz CT molecular complexity index is 504. The van der Waals surface area contributed by atoms with Crippen LogP contribution in [0.15, 0.2) is 18.2 Å². The van der Waals surface area contributed by atoms with Crippen molar-refractivity contribution in [3.63, 3.8) is 0 Å². The van der Waals surface area contributed by atoms with Gasteiger partial charge in [0.05, 0.1) is 11.3 Å². The highest BCUT2D eigenvalue weighted by Gasteiger charge is 2.44. The molecular formula is C12H11ClN2O2. The number of aliphatic carboxylic acids is 1. The first-order valence-corrected chi connectivity index (χ1v) is 5.66. The lowest BCUT2D eigenvalue weighted by Gasteiger charge is -2.39. The fraction of sp³-hybridized carbons (Fsp3) is 0.333. The third-order valence-electron chi connectivity index (χ3n) is 3.09. The number of halogens is 1. The number of benzene rings is 1. The highest BCUT2D eigenvalue weighted by atomic mass is 35.5. The van der Waals surface area contributed by atoms with Crippen LogP contribution in [-0.2, 0) is 4.79 Å². The number of carboxylic acids is 1. The molecule has 1 aromatic carbocycles. The molecule has 2 rings (SSSR count). The summed E-state index contributed by atoms with van der Waals surface area (Å²) in [7, 11) is 0. The Hall–Kier alpha value is -1.73. The summed E-state index contributed by atoms with van der Waals surface area (Å²) < 4.78 is 0. The van der Waals surface area contributed by atoms with Gasteiger partial charge in [-0.2, -0.15) is 5.26 Å². The van der Waals surface area contributed by atoms with Crippen molar-refractivity contribution in [1.82, 2.24) is 0 Å². The molecule has 88 valence electrons. The molecule has 0 amide bonds. The van der Waals surface area contributed by atoms with Crippen molar-refractivity contribution in [2.24, 2.45) is 0 Å². The van der Waals surface area contributed by atoms with Crippen molar-refractivity contribution in [3.8, 4) is 6.07 Å². The standard InChI is InChI=1S/C12H11ClN2O2/c13-9-2-3-10(8(6-9)7-14)15-12(11(16)17)4-1-5-12/h2-3,6,15H,1,4-5H2,(H,16,17). The molecule has 1 fully saturated rings. The monoisotopic (exact) mass is 250 g/mol. The summed E-state index contributed by atoms with van der Waals surface area (Å²) in [6.07, 6.45) is 2.04. The van der Waals surface area contributed by atoms with E-state index in [1.54, 1.807) is 12.1 Å². The second-order valence-corrected chi connectivity index (χ2v) is 4.60. The molecular weight excluding hydrogens is 240 g/mol. The maximum atomic E-state index is 11.2. The van der Waals surface area contributed by atoms with Crippen LogP contribution in [0.5, 0.6) is 0 Å². The Kier molecular flexibility index (Phi) is 2.95. The summed E-state index contributed by atoms with van der Waals surface area (Å²) in [6, 6.07) is 6.81. The molecule has 0 spiro atoms. The number of hydrogen-bond donors (Lipinski definition) is 2. The van der Waals surface area contributed by atoms with Gasteiger partial charge in [-0.05, 0) is 37.5 Å². The number of rotatable bonds is 3. The second-order valence-electron chi connectivity index (χ2n) is 4.17. The summed E-state index contributed by atoms with van der Waals surface area (Å²) in [5.41, 5.74) is -0.0246. The lowest BCUT2D eigenvalue weighted by atomic mass is 9.76. The lowest BCUT2D eigenvalue weighted by molar-refractivity contribution is -0.145. The minimum Gasteiger partial charge on any atom is -0.480 e. The predicted molar refractivity (Wildman–Crippen MR) is 64.0 cm³/mol. The van der Waals surface area contributed by atoms with Crippen molar-refractivity contribution >= 4 is 23.3 Å². The molecule has 0 atom stereocenters. The molecule has 0 heterocycles. The van der Waals surface area contributed by atoms with E-state index in [9.17, 15) is 9.90 Å². The van der Waals surface area contributed by atoms with Crippen LogP contribution in [0.1, 0.15) is 24.8 Å². The van der Waals surface area contributed by atoms with Gasteiger partial charge < -0.3 is 10.4 Å². The van der Waals surface area contributed by atoms with Gasteiger partial charge in [0.1, 0.15) is 11.6 Å². The van der Waals surface area contributed by atoms with Crippen LogP contribution in [0.25, 0.3) is 0 Å². The average molecular weight is 251 g/mol. The van der Waals surface area contributed by atoms with Crippen LogP contribution >= 0.6 is 11.6 Å². The van der Waals surface area contributed by atoms with Crippen molar-refractivity contribution < 1.29 is 9.90 Å². The Balaban J connectivity index is 2.30. The molecule has 0 aromatic heterocycles. The Morgan fingerprint density at radius 3 is 2.71 bits per heavy atom. The maximum absolute atomic E-state index is 11.2. The normalized spacial score (nSPS) is 16.7. The molecule has 4 nitrogen and oxygen atoms in total. The minimum atomic E-state index is -0.917. The fourth-order valence-electron chi connectivity index (χ4n) is 1.90. The van der Waals surface area contributed by atoms with E-state index in [-0.39, 0.29) is 0 Å². The van der Waals surface area contributed by atoms with Gasteiger partial charge in [-0.25, -0.2) is 4.79 Å². The summed E-state index contributed by atoms with van der Waals surface area (Å²) >= 11 is 5.78. The molecule has 5 heteroatoms. The van der Waals surface area contributed by atoms with Crippen LogP contribution in [0.4, 0.5) is 5.69 Å². The molecule has 1 saturated carbocycles. The van der Waals surface area contributed by atoms with E-state index in [0.717, 1.165) is 6.42 Å². The Labute approximate surface area is 104 Å². The van der Waals surface area contributed by atoms with E-state index < -0.39 is 11.5 Å². The molecule has 0 aliphatic heterocycles. The number of nitriles is 1. The molecule has 1 aliphatic rings. The highest BCUT2D eigenvalue weighted by Crippen LogP contribution is 2.36. The third kappa shape index (κ3) is 2.06. The highest BCUT2D eigenvalue weighted by molar-refractivity contribution is 6.30. The Morgan fingerprint density at radius 2 is 2.24 bits per heavy atom. The summed E-state index contributed by atoms with van der Waals surface area (Å²) in [4.78, 5) is 11.2. The number of hydrogen-bond acceptors (Lipinski definition) is 3. The fourth-order valence-corrected chi connectivity index (χ4v) is 2.07. The van der Waals surface area contributed by atoms with Gasteiger partial charge in [0.15, 0.2) is 0 Å². The quantitative estimate of drug-likeness (QED) is 0.865. The molecule has 0 saturated heterocycles. The molecule has 0 radical (unpaired) electrons. The van der Waals surface area contributed by atoms with E-state index in [1.165, 1.54) is 6.07 Å². The number of carboxylic acid groups (broad SMARTS) is 1. The zero-order valence-corrected chi connectivity index (χ0v) is 9.79. The largest absolute Gasteiger partial charge is 0.480 e. The Morgan fingerprint density at radius 1 is 1.53 bits per heavy atom. The van der Waals surface area contributed by atoms with Gasteiger partial charge in [0.2, 0.25) is 0 Å². The number of nitrogens with zero attached hydrogens (tertiary/aromatic N) is 1. The van der Waals surface area contributed by atoms with Gasteiger partial charge in [-0.3, -0.25) is 0 Å². The van der Waals surface area contributed by atoms with Crippen LogP contribution < -0.4 is 5.32 Å². The summed E-state index contributed by atoms with van der Waals surface area (Å²) in [5.74, 6) is -0.873. The zero-order chi connectivity index (χ0) is 12.5. The van der Waals surface area contributed by atoms with E-state index in [1.807, 2.05) is 6.07 Å². The van der Waals surface area contributed by atoms with Crippen LogP contribution in [0, 0.1) is 11.3 Å². The van der Waals surface area contributed by atoms with Crippen molar-refractivity contribution in [1.29, 1.82) is 5.26 Å². The molecule has 0 bridgehead atoms. The van der Waals surface area contributed by atoms with Gasteiger partial charge in [0.25, 0.3) is 0 Å². The summed E-state index contributed by atoms with van der Waals surface area (Å²) in [6.45, 7) is 0. The number of anilines is 1. The van der Waals surface area contributed by atoms with Crippen LogP contribution in [-0.4, -0.2) is 16.6 Å². The van der Waals surface area contributed by atoms with E-state index >= 15 is 0 Å². The predicted octanol–water partition coefficient (Wildman–Crippen LogP) is 2.63. The first-order chi connectivity index (χ1) is 8.07. The molecule has 1 aromatic rings. The first-order valence-electron chi connectivity index (χ1n) is 5.29. The first kappa shape index (κ1) is 11.7. The SMILES string of the molecule is N#Cc1cc(Cl)ccc1NC1(C(=O)O)CCC1. The average Bonchev–Trinajstić information content (AvgIpc) is 2.24. The van der Waals surface area contributed by atoms with E-state index in [2.05, 4.69) is 5.32 Å². The van der Waals surface area contributed by atoms with Crippen molar-refractivity contribution in [2.75, 3.05) is 5.32 Å². The minimum absolute atomic E-state index is 0.366. The topological polar surface area (TPSA) is 73.1 Å². The molecule has 2 N–H and O–H groups in total. The van der Waals surface area contributed by atoms with Crippen molar-refractivity contribution in [3.05, 3.63) is 28.8 Å². The van der Waals surface area contributed by atoms with Crippen molar-refractivity contribution in [2.45, 2.75) is 24.8 Å². The van der Waals surface area contributed by atoms with Gasteiger partial charge in [-0.15, -0.1) is 0 Å². The second kappa shape index (κ2) is 4.27. The van der Waals surface area contributed by atoms with Gasteiger partial charge in [0, 0.05) is 5.02 Å². The van der Waals surface area contributed by atoms with Gasteiger partial charge in [-0.1, -0.05) is 11.6 Å². The van der Waals surface area contributed by atoms with Gasteiger partial charge >= 0.3 is 5.97 Å².